The molecule has 1 aliphatic rings. The number of nitrogens with two attached hydrogens (primary N) is 1. The number of halogens is 3. The Balaban J connectivity index is 2.44. The van der Waals surface area contributed by atoms with E-state index in [4.69, 9.17) is 5.73 Å². The number of hydrogen-bond donors (Lipinski definition) is 3. The van der Waals surface area contributed by atoms with Gasteiger partial charge in [0.1, 0.15) is 6.54 Å². The first-order valence-electron chi connectivity index (χ1n) is 4.77. The molecule has 1 rings (SSSR count). The molecule has 0 saturated heterocycles. The maximum Gasteiger partial charge on any atom is 0.402 e. The van der Waals surface area contributed by atoms with Gasteiger partial charge in [-0.2, -0.15) is 31.0 Å². The van der Waals surface area contributed by atoms with Crippen LogP contribution in [0.25, 0.3) is 0 Å². The molecule has 0 aromatic heterocycles. The summed E-state index contributed by atoms with van der Waals surface area (Å²) in [6.45, 7) is -1.50. The van der Waals surface area contributed by atoms with Crippen molar-refractivity contribution in [3.63, 3.8) is 0 Å². The van der Waals surface area contributed by atoms with Gasteiger partial charge in [-0.15, -0.1) is 0 Å². The molecule has 0 amide bonds. The lowest BCUT2D eigenvalue weighted by Crippen LogP contribution is -2.49. The van der Waals surface area contributed by atoms with Gasteiger partial charge in [0.25, 0.3) is 10.2 Å². The monoisotopic (exact) mass is 261 g/mol. The largest absolute Gasteiger partial charge is 0.402 e. The van der Waals surface area contributed by atoms with Crippen molar-refractivity contribution in [2.45, 2.75) is 25.1 Å². The number of alkyl halides is 3. The van der Waals surface area contributed by atoms with Gasteiger partial charge in [-0.25, -0.2) is 0 Å². The summed E-state index contributed by atoms with van der Waals surface area (Å²) in [7, 11) is -4.13. The lowest BCUT2D eigenvalue weighted by Gasteiger charge is -2.17. The Labute approximate surface area is 91.8 Å². The summed E-state index contributed by atoms with van der Waals surface area (Å²) in [6.07, 6.45) is -2.86. The molecule has 0 bridgehead atoms. The molecule has 0 spiro atoms. The van der Waals surface area contributed by atoms with E-state index < -0.39 is 29.0 Å². The predicted molar refractivity (Wildman–Crippen MR) is 51.7 cm³/mol. The molecule has 5 nitrogen and oxygen atoms in total. The number of hydrogen-bond acceptors (Lipinski definition) is 3. The molecule has 16 heavy (non-hydrogen) atoms. The van der Waals surface area contributed by atoms with E-state index in [0.717, 1.165) is 12.8 Å². The van der Waals surface area contributed by atoms with E-state index in [1.165, 1.54) is 4.72 Å². The zero-order chi connectivity index (χ0) is 12.4. The average molecular weight is 261 g/mol. The molecule has 9 heteroatoms. The molecule has 1 atom stereocenters. The Morgan fingerprint density at radius 2 is 1.94 bits per heavy atom. The van der Waals surface area contributed by atoms with Crippen LogP contribution in [-0.2, 0) is 10.2 Å². The van der Waals surface area contributed by atoms with Crippen LogP contribution in [0.5, 0.6) is 0 Å². The topological polar surface area (TPSA) is 84.2 Å². The molecule has 4 N–H and O–H groups in total. The highest BCUT2D eigenvalue weighted by Gasteiger charge is 2.34. The summed E-state index contributed by atoms with van der Waals surface area (Å²) in [5.41, 5.74) is 5.33. The van der Waals surface area contributed by atoms with Crippen molar-refractivity contribution >= 4 is 10.2 Å². The van der Waals surface area contributed by atoms with Crippen LogP contribution in [0.4, 0.5) is 13.2 Å². The SMILES string of the molecule is NCC(NS(=O)(=O)NCC(F)(F)F)C1CC1. The van der Waals surface area contributed by atoms with Crippen LogP contribution in [0.2, 0.25) is 0 Å². The van der Waals surface area contributed by atoms with Crippen molar-refractivity contribution in [3.05, 3.63) is 0 Å². The molecule has 0 radical (unpaired) electrons. The first kappa shape index (κ1) is 13.7. The molecule has 1 unspecified atom stereocenters. The fraction of sp³-hybridized carbons (Fsp3) is 1.00. The molecule has 96 valence electrons. The van der Waals surface area contributed by atoms with Gasteiger partial charge in [-0.1, -0.05) is 0 Å². The highest BCUT2D eigenvalue weighted by molar-refractivity contribution is 7.87. The van der Waals surface area contributed by atoms with Gasteiger partial charge in [0.15, 0.2) is 0 Å². The molecule has 0 aromatic rings. The molecular formula is C7H14F3N3O2S. The van der Waals surface area contributed by atoms with Crippen molar-refractivity contribution in [2.75, 3.05) is 13.1 Å². The predicted octanol–water partition coefficient (Wildman–Crippen LogP) is -0.290. The third-order valence-corrected chi connectivity index (χ3v) is 3.35. The summed E-state index contributed by atoms with van der Waals surface area (Å²) in [5.74, 6) is 0.146. The minimum absolute atomic E-state index is 0.0809. The van der Waals surface area contributed by atoms with Gasteiger partial charge in [0.2, 0.25) is 0 Å². The third-order valence-electron chi connectivity index (χ3n) is 2.21. The van der Waals surface area contributed by atoms with Gasteiger partial charge in [-0.3, -0.25) is 0 Å². The maximum absolute atomic E-state index is 11.8. The van der Waals surface area contributed by atoms with Gasteiger partial charge >= 0.3 is 6.18 Å². The van der Waals surface area contributed by atoms with Crippen molar-refractivity contribution in [1.82, 2.24) is 9.44 Å². The van der Waals surface area contributed by atoms with Crippen LogP contribution in [0.1, 0.15) is 12.8 Å². The van der Waals surface area contributed by atoms with Crippen LogP contribution >= 0.6 is 0 Å². The summed E-state index contributed by atoms with van der Waals surface area (Å²) >= 11 is 0. The quantitative estimate of drug-likeness (QED) is 0.614. The summed E-state index contributed by atoms with van der Waals surface area (Å²) in [4.78, 5) is 0. The van der Waals surface area contributed by atoms with Gasteiger partial charge in [-0.05, 0) is 18.8 Å². The smallest absolute Gasteiger partial charge is 0.329 e. The second kappa shape index (κ2) is 4.86. The molecule has 1 fully saturated rings. The Morgan fingerprint density at radius 3 is 2.31 bits per heavy atom. The molecule has 1 saturated carbocycles. The van der Waals surface area contributed by atoms with Gasteiger partial charge in [0.05, 0.1) is 0 Å². The van der Waals surface area contributed by atoms with E-state index in [1.807, 2.05) is 0 Å². The molecule has 0 aliphatic heterocycles. The van der Waals surface area contributed by atoms with Crippen molar-refractivity contribution in [1.29, 1.82) is 0 Å². The van der Waals surface area contributed by atoms with E-state index in [0.29, 0.717) is 0 Å². The second-order valence-corrected chi connectivity index (χ2v) is 5.27. The Kier molecular flexibility index (Phi) is 4.16. The van der Waals surface area contributed by atoms with E-state index in [9.17, 15) is 21.6 Å². The molecule has 0 heterocycles. The Hall–Kier alpha value is -0.380. The lowest BCUT2D eigenvalue weighted by molar-refractivity contribution is -0.121. The van der Waals surface area contributed by atoms with Crippen molar-refractivity contribution < 1.29 is 21.6 Å². The zero-order valence-electron chi connectivity index (χ0n) is 8.42. The molecule has 1 aliphatic carbocycles. The maximum atomic E-state index is 11.8. The van der Waals surface area contributed by atoms with E-state index in [2.05, 4.69) is 4.72 Å². The van der Waals surface area contributed by atoms with Gasteiger partial charge in [0, 0.05) is 12.6 Å². The summed E-state index contributed by atoms with van der Waals surface area (Å²) < 4.78 is 61.3. The van der Waals surface area contributed by atoms with E-state index >= 15 is 0 Å². The number of rotatable bonds is 6. The standard InChI is InChI=1S/C7H14F3N3O2S/c8-7(9,10)4-12-16(14,15)13-6(3-11)5-1-2-5/h5-6,12-13H,1-4,11H2. The fourth-order valence-electron chi connectivity index (χ4n) is 1.25. The first-order chi connectivity index (χ1) is 7.23. The lowest BCUT2D eigenvalue weighted by atomic mass is 10.2. The van der Waals surface area contributed by atoms with Crippen LogP contribution in [0.3, 0.4) is 0 Å². The van der Waals surface area contributed by atoms with Crippen LogP contribution < -0.4 is 15.2 Å². The fourth-order valence-corrected chi connectivity index (χ4v) is 2.38. The van der Waals surface area contributed by atoms with Crippen LogP contribution in [0.15, 0.2) is 0 Å². The minimum Gasteiger partial charge on any atom is -0.329 e. The highest BCUT2D eigenvalue weighted by atomic mass is 32.2. The van der Waals surface area contributed by atoms with E-state index in [1.54, 1.807) is 0 Å². The van der Waals surface area contributed by atoms with Crippen LogP contribution in [0, 0.1) is 5.92 Å². The Bertz CT molecular complexity index is 326. The molecule has 0 aromatic carbocycles. The van der Waals surface area contributed by atoms with Crippen LogP contribution in [-0.4, -0.2) is 33.7 Å². The average Bonchev–Trinajstić information content (AvgIpc) is 2.93. The first-order valence-corrected chi connectivity index (χ1v) is 6.25. The van der Waals surface area contributed by atoms with Crippen molar-refractivity contribution in [2.24, 2.45) is 11.7 Å². The highest BCUT2D eigenvalue weighted by Crippen LogP contribution is 2.32. The summed E-state index contributed by atoms with van der Waals surface area (Å²) in [6, 6.07) is -0.481. The third kappa shape index (κ3) is 5.10. The second-order valence-electron chi connectivity index (χ2n) is 3.74. The molecular weight excluding hydrogens is 247 g/mol. The summed E-state index contributed by atoms with van der Waals surface area (Å²) in [5, 5.41) is 0. The van der Waals surface area contributed by atoms with E-state index in [-0.39, 0.29) is 12.5 Å². The van der Waals surface area contributed by atoms with Crippen molar-refractivity contribution in [3.8, 4) is 0 Å². The zero-order valence-corrected chi connectivity index (χ0v) is 9.24. The number of nitrogens with one attached hydrogen (secondary N) is 2. The normalized spacial score (nSPS) is 19.8. The minimum atomic E-state index is -4.56. The Morgan fingerprint density at radius 1 is 1.38 bits per heavy atom. The van der Waals surface area contributed by atoms with Gasteiger partial charge < -0.3 is 5.73 Å².